The van der Waals surface area contributed by atoms with Crippen LogP contribution in [0.4, 0.5) is 8.78 Å². The summed E-state index contributed by atoms with van der Waals surface area (Å²) in [5, 5.41) is 23.4. The normalized spacial score (nSPS) is 16.6. The highest BCUT2D eigenvalue weighted by atomic mass is 35.5. The van der Waals surface area contributed by atoms with E-state index in [4.69, 9.17) is 16.7 Å². The second-order valence-electron chi connectivity index (χ2n) is 9.86. The summed E-state index contributed by atoms with van der Waals surface area (Å²) in [4.78, 5) is 13.9. The number of rotatable bonds is 12. The SMILES string of the molecule is CCCCCCCCCCNCC1(O)CCC(F)(F)CC1.Cc1cc(C(=O)O)c(Cl)c2cc[nH]c12. The number of halogens is 3. The Morgan fingerprint density at radius 3 is 2.29 bits per heavy atom. The lowest BCUT2D eigenvalue weighted by molar-refractivity contribution is -0.102. The van der Waals surface area contributed by atoms with E-state index in [-0.39, 0.29) is 31.2 Å². The molecule has 0 atom stereocenters. The van der Waals surface area contributed by atoms with Gasteiger partial charge in [-0.3, -0.25) is 0 Å². The maximum absolute atomic E-state index is 13.1. The first-order chi connectivity index (χ1) is 16.6. The van der Waals surface area contributed by atoms with Crippen LogP contribution in [0.3, 0.4) is 0 Å². The molecule has 0 radical (unpaired) electrons. The molecule has 0 amide bonds. The van der Waals surface area contributed by atoms with Crippen molar-refractivity contribution < 1.29 is 23.8 Å². The van der Waals surface area contributed by atoms with Crippen molar-refractivity contribution in [3.8, 4) is 0 Å². The minimum atomic E-state index is -2.57. The van der Waals surface area contributed by atoms with Crippen LogP contribution in [0.25, 0.3) is 10.9 Å². The number of aromatic amines is 1. The number of carbonyl (C=O) groups is 1. The fourth-order valence-corrected chi connectivity index (χ4v) is 4.79. The van der Waals surface area contributed by atoms with Crippen LogP contribution in [0.2, 0.25) is 5.02 Å². The molecule has 1 aliphatic carbocycles. The Morgan fingerprint density at radius 2 is 1.69 bits per heavy atom. The molecule has 1 fully saturated rings. The lowest BCUT2D eigenvalue weighted by Gasteiger charge is -2.36. The summed E-state index contributed by atoms with van der Waals surface area (Å²) in [6, 6.07) is 3.35. The van der Waals surface area contributed by atoms with Gasteiger partial charge in [0.1, 0.15) is 0 Å². The van der Waals surface area contributed by atoms with E-state index in [1.165, 1.54) is 44.9 Å². The van der Waals surface area contributed by atoms with E-state index in [1.54, 1.807) is 18.3 Å². The third-order valence-electron chi connectivity index (χ3n) is 6.78. The van der Waals surface area contributed by atoms with Gasteiger partial charge in [-0.2, -0.15) is 0 Å². The van der Waals surface area contributed by atoms with Crippen molar-refractivity contribution in [3.63, 3.8) is 0 Å². The number of aryl methyl sites for hydroxylation is 1. The number of aromatic carboxylic acids is 1. The molecule has 4 N–H and O–H groups in total. The average Bonchev–Trinajstić information content (AvgIpc) is 3.31. The van der Waals surface area contributed by atoms with Crippen molar-refractivity contribution in [2.45, 2.75) is 102 Å². The quantitative estimate of drug-likeness (QED) is 0.221. The molecule has 0 spiro atoms. The molecule has 0 aliphatic heterocycles. The lowest BCUT2D eigenvalue weighted by Crippen LogP contribution is -2.46. The molecule has 1 aliphatic rings. The van der Waals surface area contributed by atoms with Gasteiger partial charge in [0.15, 0.2) is 0 Å². The van der Waals surface area contributed by atoms with E-state index in [0.717, 1.165) is 29.4 Å². The fraction of sp³-hybridized carbons (Fsp3) is 0.667. The Bertz CT molecular complexity index is 923. The van der Waals surface area contributed by atoms with Crippen LogP contribution in [0, 0.1) is 6.92 Å². The number of alkyl halides is 2. The van der Waals surface area contributed by atoms with Gasteiger partial charge in [0.25, 0.3) is 0 Å². The van der Waals surface area contributed by atoms with Gasteiger partial charge in [-0.15, -0.1) is 0 Å². The van der Waals surface area contributed by atoms with Gasteiger partial charge < -0.3 is 20.5 Å². The maximum Gasteiger partial charge on any atom is 0.337 e. The van der Waals surface area contributed by atoms with Gasteiger partial charge in [-0.1, -0.05) is 63.5 Å². The Morgan fingerprint density at radius 1 is 1.09 bits per heavy atom. The largest absolute Gasteiger partial charge is 0.478 e. The van der Waals surface area contributed by atoms with Crippen LogP contribution in [0.15, 0.2) is 18.3 Å². The number of hydrogen-bond donors (Lipinski definition) is 4. The molecule has 1 heterocycles. The van der Waals surface area contributed by atoms with Crippen LogP contribution in [0.1, 0.15) is 99.9 Å². The van der Waals surface area contributed by atoms with Gasteiger partial charge >= 0.3 is 5.97 Å². The van der Waals surface area contributed by atoms with Crippen LogP contribution >= 0.6 is 11.6 Å². The highest BCUT2D eigenvalue weighted by Crippen LogP contribution is 2.38. The molecule has 1 aromatic heterocycles. The van der Waals surface area contributed by atoms with Crippen molar-refractivity contribution in [1.82, 2.24) is 10.3 Å². The second-order valence-corrected chi connectivity index (χ2v) is 10.2. The highest BCUT2D eigenvalue weighted by molar-refractivity contribution is 6.38. The smallest absolute Gasteiger partial charge is 0.337 e. The van der Waals surface area contributed by atoms with Crippen LogP contribution in [0.5, 0.6) is 0 Å². The Kier molecular flexibility index (Phi) is 11.9. The van der Waals surface area contributed by atoms with Crippen LogP contribution < -0.4 is 5.32 Å². The number of nitrogens with one attached hydrogen (secondary N) is 2. The van der Waals surface area contributed by atoms with Gasteiger partial charge in [-0.05, 0) is 50.4 Å². The molecular formula is C27H41ClF2N2O3. The third-order valence-corrected chi connectivity index (χ3v) is 7.19. The standard InChI is InChI=1S/C17H33F2NO.C10H8ClNO2/c1-2-3-4-5-6-7-8-9-14-20-15-16(21)10-12-17(18,19)13-11-16;1-5-4-7(10(13)14)8(11)6-2-3-12-9(5)6/h20-21H,2-15H2,1H3;2-4,12H,1H3,(H,13,14). The molecule has 35 heavy (non-hydrogen) atoms. The van der Waals surface area contributed by atoms with E-state index in [2.05, 4.69) is 17.2 Å². The molecule has 198 valence electrons. The summed E-state index contributed by atoms with van der Waals surface area (Å²) in [5.41, 5.74) is 1.00. The fourth-order valence-electron chi connectivity index (χ4n) is 4.49. The molecule has 8 heteroatoms. The van der Waals surface area contributed by atoms with Crippen molar-refractivity contribution in [3.05, 3.63) is 34.5 Å². The molecule has 0 unspecified atom stereocenters. The topological polar surface area (TPSA) is 85.3 Å². The number of carboxylic acids is 1. The van der Waals surface area contributed by atoms with Crippen molar-refractivity contribution in [2.24, 2.45) is 0 Å². The summed E-state index contributed by atoms with van der Waals surface area (Å²) in [6.07, 6.45) is 12.1. The Balaban J connectivity index is 0.000000266. The van der Waals surface area contributed by atoms with Crippen LogP contribution in [-0.2, 0) is 0 Å². The number of aromatic nitrogens is 1. The monoisotopic (exact) mass is 514 g/mol. The first kappa shape index (κ1) is 29.5. The van der Waals surface area contributed by atoms with Crippen molar-refractivity contribution >= 4 is 28.5 Å². The molecule has 1 aromatic carbocycles. The average molecular weight is 515 g/mol. The highest BCUT2D eigenvalue weighted by Gasteiger charge is 2.41. The maximum atomic E-state index is 13.1. The molecule has 5 nitrogen and oxygen atoms in total. The van der Waals surface area contributed by atoms with Gasteiger partial charge in [0, 0.05) is 36.5 Å². The van der Waals surface area contributed by atoms with E-state index in [1.807, 2.05) is 6.92 Å². The van der Waals surface area contributed by atoms with Crippen molar-refractivity contribution in [1.29, 1.82) is 0 Å². The summed E-state index contributed by atoms with van der Waals surface area (Å²) in [7, 11) is 0. The molecule has 0 saturated heterocycles. The number of benzene rings is 1. The van der Waals surface area contributed by atoms with Crippen molar-refractivity contribution in [2.75, 3.05) is 13.1 Å². The molecule has 2 aromatic rings. The van der Waals surface area contributed by atoms with Crippen LogP contribution in [-0.4, -0.2) is 45.8 Å². The van der Waals surface area contributed by atoms with Gasteiger partial charge in [-0.25, -0.2) is 13.6 Å². The number of hydrogen-bond acceptors (Lipinski definition) is 3. The number of fused-ring (bicyclic) bond motifs is 1. The Labute approximate surface area is 212 Å². The summed E-state index contributed by atoms with van der Waals surface area (Å²) >= 11 is 5.95. The molecule has 1 saturated carbocycles. The molecule has 3 rings (SSSR count). The second kappa shape index (κ2) is 14.1. The zero-order chi connectivity index (χ0) is 25.9. The minimum absolute atomic E-state index is 0.149. The van der Waals surface area contributed by atoms with E-state index < -0.39 is 17.5 Å². The zero-order valence-corrected chi connectivity index (χ0v) is 21.8. The number of H-pyrrole nitrogens is 1. The summed E-state index contributed by atoms with van der Waals surface area (Å²) < 4.78 is 26.1. The third kappa shape index (κ3) is 9.70. The minimum Gasteiger partial charge on any atom is -0.478 e. The molecule has 0 bridgehead atoms. The van der Waals surface area contributed by atoms with E-state index in [9.17, 15) is 18.7 Å². The first-order valence-electron chi connectivity index (χ1n) is 12.9. The van der Waals surface area contributed by atoms with E-state index >= 15 is 0 Å². The number of aliphatic hydroxyl groups is 1. The zero-order valence-electron chi connectivity index (χ0n) is 21.1. The number of unbranched alkanes of at least 4 members (excludes halogenated alkanes) is 7. The van der Waals surface area contributed by atoms with E-state index in [0.29, 0.717) is 11.6 Å². The number of carboxylic acid groups (broad SMARTS) is 1. The molecular weight excluding hydrogens is 474 g/mol. The van der Waals surface area contributed by atoms with Gasteiger partial charge in [0.2, 0.25) is 5.92 Å². The lowest BCUT2D eigenvalue weighted by atomic mass is 9.83. The predicted molar refractivity (Wildman–Crippen MR) is 139 cm³/mol. The van der Waals surface area contributed by atoms with Gasteiger partial charge in [0.05, 0.1) is 16.2 Å². The first-order valence-corrected chi connectivity index (χ1v) is 13.3. The Hall–Kier alpha value is -1.70. The summed E-state index contributed by atoms with van der Waals surface area (Å²) in [6.45, 7) is 5.42. The predicted octanol–water partition coefficient (Wildman–Crippen LogP) is 7.49. The summed E-state index contributed by atoms with van der Waals surface area (Å²) in [5.74, 6) is -3.56.